The monoisotopic (exact) mass is 280 g/mol. The molecule has 3 nitrogen and oxygen atoms in total. The number of benzene rings is 1. The summed E-state index contributed by atoms with van der Waals surface area (Å²) >= 11 is 5.75. The molecule has 0 aliphatic carbocycles. The van der Waals surface area contributed by atoms with Gasteiger partial charge in [-0.05, 0) is 30.2 Å². The zero-order valence-electron chi connectivity index (χ0n) is 10.4. The first-order chi connectivity index (χ1) is 9.11. The minimum atomic E-state index is -0.432. The molecular formula is C14H14ClFN2O. The van der Waals surface area contributed by atoms with Crippen molar-refractivity contribution >= 4 is 11.6 Å². The molecule has 0 amide bonds. The number of rotatable bonds is 4. The lowest BCUT2D eigenvalue weighted by atomic mass is 10.0. The summed E-state index contributed by atoms with van der Waals surface area (Å²) in [4.78, 5) is 4.10. The highest BCUT2D eigenvalue weighted by molar-refractivity contribution is 6.30. The molecule has 0 saturated carbocycles. The van der Waals surface area contributed by atoms with E-state index in [2.05, 4.69) is 4.98 Å². The molecule has 0 fully saturated rings. The molecule has 1 atom stereocenters. The highest BCUT2D eigenvalue weighted by Crippen LogP contribution is 2.25. The summed E-state index contributed by atoms with van der Waals surface area (Å²) in [6, 6.07) is 7.97. The van der Waals surface area contributed by atoms with Crippen LogP contribution in [-0.2, 0) is 6.42 Å². The predicted molar refractivity (Wildman–Crippen MR) is 72.8 cm³/mol. The molecule has 5 heteroatoms. The summed E-state index contributed by atoms with van der Waals surface area (Å²) in [5.74, 6) is 0.0705. The van der Waals surface area contributed by atoms with Gasteiger partial charge in [-0.15, -0.1) is 0 Å². The van der Waals surface area contributed by atoms with Crippen LogP contribution in [0.5, 0.6) is 5.88 Å². The third kappa shape index (κ3) is 3.22. The minimum absolute atomic E-state index is 0.0999. The molecule has 2 rings (SSSR count). The number of aromatic nitrogens is 1. The van der Waals surface area contributed by atoms with Crippen LogP contribution in [0.1, 0.15) is 17.2 Å². The molecule has 0 aliphatic rings. The van der Waals surface area contributed by atoms with Gasteiger partial charge in [-0.3, -0.25) is 0 Å². The van der Waals surface area contributed by atoms with Crippen molar-refractivity contribution < 1.29 is 9.13 Å². The Morgan fingerprint density at radius 3 is 2.89 bits per heavy atom. The lowest BCUT2D eigenvalue weighted by Gasteiger charge is -2.14. The molecular weight excluding hydrogens is 267 g/mol. The van der Waals surface area contributed by atoms with Crippen LogP contribution in [0.25, 0.3) is 0 Å². The van der Waals surface area contributed by atoms with Gasteiger partial charge in [-0.1, -0.05) is 23.7 Å². The van der Waals surface area contributed by atoms with E-state index in [1.165, 1.54) is 6.07 Å². The van der Waals surface area contributed by atoms with Crippen LogP contribution in [0, 0.1) is 5.82 Å². The van der Waals surface area contributed by atoms with Crippen molar-refractivity contribution in [3.8, 4) is 5.88 Å². The first kappa shape index (κ1) is 13.8. The number of nitrogens with two attached hydrogens (primary N) is 1. The van der Waals surface area contributed by atoms with Crippen molar-refractivity contribution in [1.82, 2.24) is 4.98 Å². The van der Waals surface area contributed by atoms with Crippen molar-refractivity contribution in [2.75, 3.05) is 7.11 Å². The Balaban J connectivity index is 2.20. The molecule has 0 aliphatic heterocycles. The van der Waals surface area contributed by atoms with Gasteiger partial charge in [0.25, 0.3) is 0 Å². The molecule has 0 saturated heterocycles. The number of methoxy groups -OCH3 is 1. The van der Waals surface area contributed by atoms with Gasteiger partial charge in [-0.25, -0.2) is 9.37 Å². The lowest BCUT2D eigenvalue weighted by molar-refractivity contribution is 0.388. The van der Waals surface area contributed by atoms with E-state index in [1.807, 2.05) is 6.07 Å². The van der Waals surface area contributed by atoms with Gasteiger partial charge in [0.2, 0.25) is 5.88 Å². The Labute approximate surface area is 116 Å². The van der Waals surface area contributed by atoms with Crippen LogP contribution in [0.4, 0.5) is 4.39 Å². The minimum Gasteiger partial charge on any atom is -0.481 e. The lowest BCUT2D eigenvalue weighted by Crippen LogP contribution is -2.15. The summed E-state index contributed by atoms with van der Waals surface area (Å²) in [7, 11) is 1.55. The molecule has 100 valence electrons. The fraction of sp³-hybridized carbons (Fsp3) is 0.214. The van der Waals surface area contributed by atoms with Crippen LogP contribution in [0.2, 0.25) is 5.02 Å². The van der Waals surface area contributed by atoms with Crippen molar-refractivity contribution in [1.29, 1.82) is 0 Å². The number of hydrogen-bond acceptors (Lipinski definition) is 3. The standard InChI is InChI=1S/C14H14ClFN2O/c1-19-14-10(3-2-6-18-14)13(17)8-9-4-5-12(16)11(15)7-9/h2-7,13H,8,17H2,1H3. The molecule has 0 radical (unpaired) electrons. The van der Waals surface area contributed by atoms with Crippen LogP contribution < -0.4 is 10.5 Å². The smallest absolute Gasteiger partial charge is 0.217 e. The van der Waals surface area contributed by atoms with Crippen molar-refractivity contribution in [3.63, 3.8) is 0 Å². The zero-order chi connectivity index (χ0) is 13.8. The van der Waals surface area contributed by atoms with E-state index in [4.69, 9.17) is 22.1 Å². The summed E-state index contributed by atoms with van der Waals surface area (Å²) in [6.07, 6.45) is 2.17. The van der Waals surface area contributed by atoms with Crippen molar-refractivity contribution in [3.05, 3.63) is 58.5 Å². The maximum absolute atomic E-state index is 13.1. The predicted octanol–water partition coefficient (Wildman–Crippen LogP) is 3.13. The topological polar surface area (TPSA) is 48.1 Å². The quantitative estimate of drug-likeness (QED) is 0.936. The molecule has 1 unspecified atom stereocenters. The number of hydrogen-bond donors (Lipinski definition) is 1. The second-order valence-corrected chi connectivity index (χ2v) is 4.57. The Hall–Kier alpha value is -1.65. The summed E-state index contributed by atoms with van der Waals surface area (Å²) in [5.41, 5.74) is 7.81. The molecule has 1 aromatic heterocycles. The van der Waals surface area contributed by atoms with Crippen LogP contribution >= 0.6 is 11.6 Å². The normalized spacial score (nSPS) is 12.2. The van der Waals surface area contributed by atoms with E-state index >= 15 is 0 Å². The average molecular weight is 281 g/mol. The Morgan fingerprint density at radius 1 is 1.42 bits per heavy atom. The van der Waals surface area contributed by atoms with E-state index in [1.54, 1.807) is 31.5 Å². The van der Waals surface area contributed by atoms with Gasteiger partial charge in [-0.2, -0.15) is 0 Å². The Bertz CT molecular complexity index is 577. The Morgan fingerprint density at radius 2 is 2.21 bits per heavy atom. The van der Waals surface area contributed by atoms with Gasteiger partial charge in [0.15, 0.2) is 0 Å². The van der Waals surface area contributed by atoms with Gasteiger partial charge in [0.1, 0.15) is 5.82 Å². The third-order valence-corrected chi connectivity index (χ3v) is 3.12. The second-order valence-electron chi connectivity index (χ2n) is 4.16. The molecule has 19 heavy (non-hydrogen) atoms. The fourth-order valence-corrected chi connectivity index (χ4v) is 2.09. The summed E-state index contributed by atoms with van der Waals surface area (Å²) < 4.78 is 18.3. The van der Waals surface area contributed by atoms with E-state index in [0.717, 1.165) is 11.1 Å². The van der Waals surface area contributed by atoms with Crippen LogP contribution in [-0.4, -0.2) is 12.1 Å². The maximum Gasteiger partial charge on any atom is 0.217 e. The number of halogens is 2. The van der Waals surface area contributed by atoms with E-state index < -0.39 is 5.82 Å². The van der Waals surface area contributed by atoms with Crippen molar-refractivity contribution in [2.45, 2.75) is 12.5 Å². The maximum atomic E-state index is 13.1. The van der Waals surface area contributed by atoms with Gasteiger partial charge in [0, 0.05) is 17.8 Å². The molecule has 0 bridgehead atoms. The van der Waals surface area contributed by atoms with Crippen LogP contribution in [0.3, 0.4) is 0 Å². The first-order valence-electron chi connectivity index (χ1n) is 5.80. The van der Waals surface area contributed by atoms with E-state index in [-0.39, 0.29) is 11.1 Å². The molecule has 2 aromatic rings. The molecule has 2 N–H and O–H groups in total. The number of nitrogens with zero attached hydrogens (tertiary/aromatic N) is 1. The zero-order valence-corrected chi connectivity index (χ0v) is 11.2. The summed E-state index contributed by atoms with van der Waals surface area (Å²) in [6.45, 7) is 0. The highest BCUT2D eigenvalue weighted by atomic mass is 35.5. The average Bonchev–Trinajstić information content (AvgIpc) is 2.43. The third-order valence-electron chi connectivity index (χ3n) is 2.83. The second kappa shape index (κ2) is 5.99. The van der Waals surface area contributed by atoms with E-state index in [9.17, 15) is 4.39 Å². The summed E-state index contributed by atoms with van der Waals surface area (Å²) in [5, 5.41) is 0.0999. The molecule has 0 spiro atoms. The SMILES string of the molecule is COc1ncccc1C(N)Cc1ccc(F)c(Cl)c1. The molecule has 1 aromatic carbocycles. The first-order valence-corrected chi connectivity index (χ1v) is 6.18. The number of ether oxygens (including phenoxy) is 1. The van der Waals surface area contributed by atoms with Gasteiger partial charge in [0.05, 0.1) is 12.1 Å². The largest absolute Gasteiger partial charge is 0.481 e. The van der Waals surface area contributed by atoms with Crippen molar-refractivity contribution in [2.24, 2.45) is 5.73 Å². The Kier molecular flexibility index (Phi) is 4.35. The van der Waals surface area contributed by atoms with Crippen LogP contribution in [0.15, 0.2) is 36.5 Å². The molecule has 1 heterocycles. The number of pyridine rings is 1. The fourth-order valence-electron chi connectivity index (χ4n) is 1.89. The van der Waals surface area contributed by atoms with E-state index in [0.29, 0.717) is 12.3 Å². The van der Waals surface area contributed by atoms with Gasteiger partial charge >= 0.3 is 0 Å². The highest BCUT2D eigenvalue weighted by Gasteiger charge is 2.13. The van der Waals surface area contributed by atoms with Gasteiger partial charge < -0.3 is 10.5 Å².